The molecule has 1 aromatic rings. The van der Waals surface area contributed by atoms with E-state index in [0.717, 1.165) is 0 Å². The molecule has 0 unspecified atom stereocenters. The highest BCUT2D eigenvalue weighted by Gasteiger charge is 2.06. The number of azo groups is 1. The zero-order valence-corrected chi connectivity index (χ0v) is 10.2. The van der Waals surface area contributed by atoms with E-state index in [0.29, 0.717) is 5.69 Å². The van der Waals surface area contributed by atoms with E-state index < -0.39 is 10.1 Å². The van der Waals surface area contributed by atoms with Gasteiger partial charge in [-0.1, -0.05) is 0 Å². The Balaban J connectivity index is 2.93. The molecule has 0 heterocycles. The molecule has 0 aromatic heterocycles. The van der Waals surface area contributed by atoms with Crippen molar-refractivity contribution >= 4 is 15.8 Å². The van der Waals surface area contributed by atoms with Crippen molar-refractivity contribution in [2.24, 2.45) is 10.2 Å². The van der Waals surface area contributed by atoms with Gasteiger partial charge in [0.05, 0.1) is 16.1 Å². The zero-order valence-electron chi connectivity index (χ0n) is 9.34. The Kier molecular flexibility index (Phi) is 3.44. The van der Waals surface area contributed by atoms with Gasteiger partial charge in [-0.25, -0.2) is 8.42 Å². The fourth-order valence-corrected chi connectivity index (χ4v) is 1.36. The Morgan fingerprint density at radius 2 is 1.62 bits per heavy atom. The molecule has 0 aliphatic carbocycles. The molecule has 0 bridgehead atoms. The first kappa shape index (κ1) is 12.8. The van der Waals surface area contributed by atoms with Gasteiger partial charge in [-0.05, 0) is 45.0 Å². The summed E-state index contributed by atoms with van der Waals surface area (Å²) in [7, 11) is -4.39. The van der Waals surface area contributed by atoms with Gasteiger partial charge >= 0.3 is 0 Å². The van der Waals surface area contributed by atoms with Crippen LogP contribution < -0.4 is 0 Å². The van der Waals surface area contributed by atoms with E-state index in [1.165, 1.54) is 24.3 Å². The zero-order chi connectivity index (χ0) is 12.4. The first-order chi connectivity index (χ1) is 7.18. The van der Waals surface area contributed by atoms with Crippen LogP contribution in [0.15, 0.2) is 39.4 Å². The molecule has 0 spiro atoms. The van der Waals surface area contributed by atoms with Gasteiger partial charge in [0, 0.05) is 0 Å². The van der Waals surface area contributed by atoms with Crippen LogP contribution in [-0.2, 0) is 10.1 Å². The minimum absolute atomic E-state index is 0.262. The summed E-state index contributed by atoms with van der Waals surface area (Å²) in [5.74, 6) is 0. The van der Waals surface area contributed by atoms with Crippen LogP contribution in [0.25, 0.3) is 0 Å². The maximum atomic E-state index is 10.7. The molecule has 6 heteroatoms. The Bertz CT molecular complexity index is 484. The lowest BCUT2D eigenvalue weighted by atomic mass is 10.1. The fraction of sp³-hybridized carbons (Fsp3) is 0.400. The van der Waals surface area contributed by atoms with Gasteiger partial charge in [0.25, 0.3) is 0 Å². The molecule has 1 aromatic carbocycles. The Labute approximate surface area is 95.0 Å². The highest BCUT2D eigenvalue weighted by molar-refractivity contribution is 7.85. The second kappa shape index (κ2) is 4.31. The molecule has 0 fully saturated rings. The van der Waals surface area contributed by atoms with Crippen molar-refractivity contribution in [2.45, 2.75) is 31.2 Å². The van der Waals surface area contributed by atoms with E-state index in [9.17, 15) is 13.0 Å². The molecule has 0 aliphatic heterocycles. The SMILES string of the molecule is CC(C)(C)N=Nc1ccc(S(=O)(=O)[O-])cc1. The Hall–Kier alpha value is -1.27. The van der Waals surface area contributed by atoms with Gasteiger partial charge in [0.1, 0.15) is 10.1 Å². The maximum Gasteiger partial charge on any atom is 0.124 e. The second-order valence-corrected chi connectivity index (χ2v) is 5.70. The van der Waals surface area contributed by atoms with Crippen LogP contribution in [-0.4, -0.2) is 18.5 Å². The van der Waals surface area contributed by atoms with E-state index in [1.807, 2.05) is 20.8 Å². The van der Waals surface area contributed by atoms with Gasteiger partial charge in [-0.3, -0.25) is 0 Å². The summed E-state index contributed by atoms with van der Waals surface area (Å²) in [6.07, 6.45) is 0. The van der Waals surface area contributed by atoms with E-state index in [1.54, 1.807) is 0 Å². The lowest BCUT2D eigenvalue weighted by Crippen LogP contribution is -2.07. The quantitative estimate of drug-likeness (QED) is 0.589. The molecule has 0 amide bonds. The van der Waals surface area contributed by atoms with Gasteiger partial charge in [-0.15, -0.1) is 0 Å². The number of rotatable bonds is 2. The molecular formula is C10H13N2O3S-. The van der Waals surface area contributed by atoms with Crippen molar-refractivity contribution in [1.29, 1.82) is 0 Å². The fourth-order valence-electron chi connectivity index (χ4n) is 0.887. The van der Waals surface area contributed by atoms with Crippen molar-refractivity contribution in [2.75, 3.05) is 0 Å². The standard InChI is InChI=1S/C10H14N2O3S/c1-10(2,3)12-11-8-4-6-9(7-5-8)16(13,14)15/h4-7H,1-3H3,(H,13,14,15)/p-1. The van der Waals surface area contributed by atoms with Crippen molar-refractivity contribution in [3.63, 3.8) is 0 Å². The minimum Gasteiger partial charge on any atom is -0.744 e. The molecule has 1 rings (SSSR count). The number of hydrogen-bond acceptors (Lipinski definition) is 5. The van der Waals surface area contributed by atoms with Crippen molar-refractivity contribution in [1.82, 2.24) is 0 Å². The molecule has 0 N–H and O–H groups in total. The number of hydrogen-bond donors (Lipinski definition) is 0. The van der Waals surface area contributed by atoms with Gasteiger partial charge in [-0.2, -0.15) is 10.2 Å². The third kappa shape index (κ3) is 4.08. The van der Waals surface area contributed by atoms with Crippen LogP contribution >= 0.6 is 0 Å². The summed E-state index contributed by atoms with van der Waals surface area (Å²) in [6.45, 7) is 5.69. The highest BCUT2D eigenvalue weighted by atomic mass is 32.2. The molecule has 88 valence electrons. The first-order valence-corrected chi connectivity index (χ1v) is 6.08. The van der Waals surface area contributed by atoms with E-state index in [-0.39, 0.29) is 10.4 Å². The minimum atomic E-state index is -4.39. The van der Waals surface area contributed by atoms with E-state index >= 15 is 0 Å². The van der Waals surface area contributed by atoms with Crippen molar-refractivity contribution < 1.29 is 13.0 Å². The van der Waals surface area contributed by atoms with E-state index in [4.69, 9.17) is 0 Å². The van der Waals surface area contributed by atoms with Gasteiger partial charge in [0.15, 0.2) is 0 Å². The summed E-state index contributed by atoms with van der Waals surface area (Å²) in [4.78, 5) is -0.262. The van der Waals surface area contributed by atoms with Crippen LogP contribution in [0.2, 0.25) is 0 Å². The molecule has 0 saturated carbocycles. The molecule has 0 radical (unpaired) electrons. The largest absolute Gasteiger partial charge is 0.744 e. The van der Waals surface area contributed by atoms with Crippen molar-refractivity contribution in [3.05, 3.63) is 24.3 Å². The number of nitrogens with zero attached hydrogens (tertiary/aromatic N) is 2. The Morgan fingerprint density at radius 1 is 1.12 bits per heavy atom. The van der Waals surface area contributed by atoms with Crippen LogP contribution in [0.4, 0.5) is 5.69 Å². The summed E-state index contributed by atoms with van der Waals surface area (Å²) in [6, 6.07) is 5.33. The van der Waals surface area contributed by atoms with Crippen LogP contribution in [0.5, 0.6) is 0 Å². The lowest BCUT2D eigenvalue weighted by molar-refractivity contribution is 0.463. The molecule has 0 atom stereocenters. The summed E-state index contributed by atoms with van der Waals surface area (Å²) in [5.41, 5.74) is 0.228. The second-order valence-electron chi connectivity index (χ2n) is 4.32. The maximum absolute atomic E-state index is 10.7. The third-order valence-electron chi connectivity index (χ3n) is 1.59. The topological polar surface area (TPSA) is 81.9 Å². The van der Waals surface area contributed by atoms with Crippen LogP contribution in [0.1, 0.15) is 20.8 Å². The van der Waals surface area contributed by atoms with E-state index in [2.05, 4.69) is 10.2 Å². The van der Waals surface area contributed by atoms with Crippen LogP contribution in [0.3, 0.4) is 0 Å². The summed E-state index contributed by atoms with van der Waals surface area (Å²) < 4.78 is 32.0. The van der Waals surface area contributed by atoms with Gasteiger partial charge in [0.2, 0.25) is 0 Å². The average molecular weight is 241 g/mol. The highest BCUT2D eigenvalue weighted by Crippen LogP contribution is 2.18. The summed E-state index contributed by atoms with van der Waals surface area (Å²) in [5, 5.41) is 7.94. The van der Waals surface area contributed by atoms with Gasteiger partial charge < -0.3 is 4.55 Å². The third-order valence-corrected chi connectivity index (χ3v) is 2.44. The molecule has 0 saturated heterocycles. The van der Waals surface area contributed by atoms with Crippen molar-refractivity contribution in [3.8, 4) is 0 Å². The molecular weight excluding hydrogens is 228 g/mol. The Morgan fingerprint density at radius 3 is 2.00 bits per heavy atom. The molecule has 0 aliphatic rings. The predicted molar refractivity (Wildman–Crippen MR) is 58.7 cm³/mol. The lowest BCUT2D eigenvalue weighted by Gasteiger charge is -2.09. The normalized spacial score (nSPS) is 13.2. The molecule has 5 nitrogen and oxygen atoms in total. The summed E-state index contributed by atoms with van der Waals surface area (Å²) >= 11 is 0. The van der Waals surface area contributed by atoms with Crippen LogP contribution in [0, 0.1) is 0 Å². The smallest absolute Gasteiger partial charge is 0.124 e. The number of benzene rings is 1. The monoisotopic (exact) mass is 241 g/mol. The average Bonchev–Trinajstić information content (AvgIpc) is 2.13. The first-order valence-electron chi connectivity index (χ1n) is 4.67. The molecule has 16 heavy (non-hydrogen) atoms. The predicted octanol–water partition coefficient (Wildman–Crippen LogP) is 2.47.